The molecule has 0 aliphatic rings. The second-order valence-electron chi connectivity index (χ2n) is 8.21. The first-order valence-electron chi connectivity index (χ1n) is 10.9. The topological polar surface area (TPSA) is 81.1 Å². The number of benzene rings is 4. The molecule has 5 aromatic rings. The van der Waals surface area contributed by atoms with Gasteiger partial charge >= 0.3 is 0 Å². The van der Waals surface area contributed by atoms with Crippen LogP contribution in [0.2, 0.25) is 5.02 Å². The molecule has 1 amide bonds. The fraction of sp³-hybridized carbons (Fsp3) is 0.0370. The van der Waals surface area contributed by atoms with Crippen LogP contribution in [0.1, 0.15) is 10.4 Å². The Morgan fingerprint density at radius 3 is 2.17 bits per heavy atom. The van der Waals surface area contributed by atoms with Crippen molar-refractivity contribution in [2.75, 3.05) is 6.26 Å². The second kappa shape index (κ2) is 9.22. The number of nitrogens with zero attached hydrogens (tertiary/aromatic N) is 2. The number of rotatable bonds is 5. The number of hydrogen-bond acceptors (Lipinski definition) is 4. The van der Waals surface area contributed by atoms with Crippen LogP contribution < -0.4 is 4.72 Å². The minimum atomic E-state index is -3.87. The van der Waals surface area contributed by atoms with Gasteiger partial charge in [-0.15, -0.1) is 0 Å². The van der Waals surface area contributed by atoms with Crippen molar-refractivity contribution in [1.82, 2.24) is 14.5 Å². The number of aromatic nitrogens is 2. The maximum absolute atomic E-state index is 15.0. The molecule has 9 heteroatoms. The quantitative estimate of drug-likeness (QED) is 0.316. The predicted molar refractivity (Wildman–Crippen MR) is 139 cm³/mol. The summed E-state index contributed by atoms with van der Waals surface area (Å²) in [7, 11) is -3.87. The fourth-order valence-electron chi connectivity index (χ4n) is 4.02. The summed E-state index contributed by atoms with van der Waals surface area (Å²) in [5, 5.41) is 5.63. The van der Waals surface area contributed by atoms with Gasteiger partial charge in [0.1, 0.15) is 11.5 Å². The van der Waals surface area contributed by atoms with Gasteiger partial charge in [-0.2, -0.15) is 5.10 Å². The molecule has 0 fully saturated rings. The number of amides is 1. The summed E-state index contributed by atoms with van der Waals surface area (Å²) in [6.07, 6.45) is 0.809. The summed E-state index contributed by atoms with van der Waals surface area (Å²) >= 11 is 6.48. The van der Waals surface area contributed by atoms with Gasteiger partial charge in [-0.05, 0) is 29.3 Å². The normalized spacial score (nSPS) is 11.5. The highest BCUT2D eigenvalue weighted by atomic mass is 35.5. The van der Waals surface area contributed by atoms with E-state index < -0.39 is 27.3 Å². The molecule has 0 bridgehead atoms. The predicted octanol–water partition coefficient (Wildman–Crippen LogP) is 5.84. The number of fused-ring (bicyclic) bond motifs is 1. The van der Waals surface area contributed by atoms with Crippen LogP contribution in [0.15, 0.2) is 91.0 Å². The summed E-state index contributed by atoms with van der Waals surface area (Å²) < 4.78 is 41.1. The highest BCUT2D eigenvalue weighted by Gasteiger charge is 2.21. The van der Waals surface area contributed by atoms with E-state index in [0.717, 1.165) is 40.5 Å². The number of halogens is 2. The van der Waals surface area contributed by atoms with E-state index in [0.29, 0.717) is 11.2 Å². The second-order valence-corrected chi connectivity index (χ2v) is 10.4. The third kappa shape index (κ3) is 4.60. The molecule has 1 N–H and O–H groups in total. The van der Waals surface area contributed by atoms with Gasteiger partial charge in [0, 0.05) is 17.0 Å². The molecule has 0 spiro atoms. The van der Waals surface area contributed by atoms with E-state index in [1.54, 1.807) is 4.72 Å². The van der Waals surface area contributed by atoms with Gasteiger partial charge in [-0.1, -0.05) is 78.3 Å². The first kappa shape index (κ1) is 23.7. The summed E-state index contributed by atoms with van der Waals surface area (Å²) in [6, 6.07) is 27.5. The maximum Gasteiger partial charge on any atom is 0.267 e. The number of carbonyl (C=O) groups excluding carboxylic acids is 1. The largest absolute Gasteiger partial charge is 0.268 e. The number of nitrogens with one attached hydrogen (secondary N) is 1. The molecule has 0 atom stereocenters. The van der Waals surface area contributed by atoms with Crippen molar-refractivity contribution >= 4 is 38.4 Å². The number of sulfonamides is 1. The summed E-state index contributed by atoms with van der Waals surface area (Å²) in [5.74, 6) is -2.03. The van der Waals surface area contributed by atoms with Crippen molar-refractivity contribution in [2.24, 2.45) is 0 Å². The third-order valence-electron chi connectivity index (χ3n) is 5.62. The van der Waals surface area contributed by atoms with E-state index in [2.05, 4.69) is 0 Å². The molecule has 0 aliphatic heterocycles. The van der Waals surface area contributed by atoms with Crippen LogP contribution in [0.3, 0.4) is 0 Å². The molecular weight excluding hydrogens is 501 g/mol. The maximum atomic E-state index is 15.0. The first-order valence-corrected chi connectivity index (χ1v) is 13.1. The Kier molecular flexibility index (Phi) is 6.07. The summed E-state index contributed by atoms with van der Waals surface area (Å²) in [4.78, 5) is 12.2. The summed E-state index contributed by atoms with van der Waals surface area (Å²) in [6.45, 7) is 0. The van der Waals surface area contributed by atoms with Gasteiger partial charge in [0.2, 0.25) is 10.0 Å². The molecule has 0 radical (unpaired) electrons. The number of carbonyl (C=O) groups is 1. The molecule has 6 nitrogen and oxygen atoms in total. The average Bonchev–Trinajstić information content (AvgIpc) is 3.24. The minimum absolute atomic E-state index is 0.0335. The molecule has 0 saturated heterocycles. The summed E-state index contributed by atoms with van der Waals surface area (Å²) in [5.41, 5.74) is 3.99. The van der Waals surface area contributed by atoms with E-state index in [1.165, 1.54) is 4.68 Å². The molecule has 36 heavy (non-hydrogen) atoms. The fourth-order valence-corrected chi connectivity index (χ4v) is 4.71. The zero-order valence-corrected chi connectivity index (χ0v) is 20.5. The van der Waals surface area contributed by atoms with Crippen LogP contribution in [0.5, 0.6) is 0 Å². The van der Waals surface area contributed by atoms with E-state index in [-0.39, 0.29) is 10.7 Å². The molecule has 4 aromatic carbocycles. The van der Waals surface area contributed by atoms with Crippen molar-refractivity contribution < 1.29 is 17.6 Å². The van der Waals surface area contributed by atoms with Gasteiger partial charge in [0.05, 0.1) is 28.0 Å². The van der Waals surface area contributed by atoms with Crippen molar-refractivity contribution in [3.8, 4) is 28.1 Å². The lowest BCUT2D eigenvalue weighted by molar-refractivity contribution is 0.0978. The smallest absolute Gasteiger partial charge is 0.267 e. The third-order valence-corrected chi connectivity index (χ3v) is 6.48. The van der Waals surface area contributed by atoms with Crippen LogP contribution in [-0.2, 0) is 10.0 Å². The highest BCUT2D eigenvalue weighted by molar-refractivity contribution is 7.89. The van der Waals surface area contributed by atoms with Crippen molar-refractivity contribution in [2.45, 2.75) is 0 Å². The van der Waals surface area contributed by atoms with Gasteiger partial charge < -0.3 is 0 Å². The zero-order valence-electron chi connectivity index (χ0n) is 18.9. The Bertz CT molecular complexity index is 1720. The monoisotopic (exact) mass is 519 g/mol. The molecule has 0 aliphatic carbocycles. The molecule has 0 unspecified atom stereocenters. The Hall–Kier alpha value is -4.01. The Balaban J connectivity index is 1.70. The van der Waals surface area contributed by atoms with Crippen LogP contribution >= 0.6 is 11.6 Å². The van der Waals surface area contributed by atoms with E-state index in [1.807, 2.05) is 78.9 Å². The Morgan fingerprint density at radius 2 is 1.53 bits per heavy atom. The Labute approximate surface area is 212 Å². The van der Waals surface area contributed by atoms with E-state index in [4.69, 9.17) is 16.7 Å². The molecule has 1 aromatic heterocycles. The molecule has 180 valence electrons. The van der Waals surface area contributed by atoms with Crippen molar-refractivity contribution in [3.05, 3.63) is 107 Å². The first-order chi connectivity index (χ1) is 17.2. The van der Waals surface area contributed by atoms with Crippen molar-refractivity contribution in [1.29, 1.82) is 0 Å². The van der Waals surface area contributed by atoms with Gasteiger partial charge in [-0.3, -0.25) is 4.79 Å². The molecular formula is C27H19ClFN3O3S. The van der Waals surface area contributed by atoms with Crippen LogP contribution in [0.25, 0.3) is 39.0 Å². The Morgan fingerprint density at radius 1 is 0.889 bits per heavy atom. The lowest BCUT2D eigenvalue weighted by atomic mass is 10.0. The SMILES string of the molecule is CS(=O)(=O)NC(=O)c1cc(Cl)c(-n2nc(-c3ccccc3)c3cc(-c4ccccc4)ccc32)cc1F. The standard InChI is InChI=1S/C27H19ClFN3O3S/c1-36(34,35)31-27(33)20-15-22(28)25(16-23(20)29)32-24-13-12-19(17-8-4-2-5-9-17)14-21(24)26(30-32)18-10-6-3-7-11-18/h2-16H,1H3,(H,31,33). The van der Waals surface area contributed by atoms with Crippen LogP contribution in [-0.4, -0.2) is 30.4 Å². The van der Waals surface area contributed by atoms with Gasteiger partial charge in [-0.25, -0.2) is 22.2 Å². The average molecular weight is 520 g/mol. The molecule has 0 saturated carbocycles. The van der Waals surface area contributed by atoms with E-state index >= 15 is 4.39 Å². The zero-order chi connectivity index (χ0) is 25.4. The van der Waals surface area contributed by atoms with Crippen LogP contribution in [0, 0.1) is 5.82 Å². The lowest BCUT2D eigenvalue weighted by Gasteiger charge is -2.10. The highest BCUT2D eigenvalue weighted by Crippen LogP contribution is 2.35. The van der Waals surface area contributed by atoms with E-state index in [9.17, 15) is 13.2 Å². The number of hydrogen-bond donors (Lipinski definition) is 1. The van der Waals surface area contributed by atoms with Crippen molar-refractivity contribution in [3.63, 3.8) is 0 Å². The molecule has 5 rings (SSSR count). The molecule has 1 heterocycles. The minimum Gasteiger partial charge on any atom is -0.268 e. The lowest BCUT2D eigenvalue weighted by Crippen LogP contribution is -2.30. The van der Waals surface area contributed by atoms with Gasteiger partial charge in [0.15, 0.2) is 0 Å². The van der Waals surface area contributed by atoms with Crippen LogP contribution in [0.4, 0.5) is 4.39 Å². The van der Waals surface area contributed by atoms with Gasteiger partial charge in [0.25, 0.3) is 5.91 Å².